The normalized spacial score (nSPS) is 12.5. The molecular formula is C68H55N5O3Pt-2. The summed E-state index contributed by atoms with van der Waals surface area (Å²) in [6, 6.07) is 62.2. The molecule has 8 aromatic carbocycles. The maximum atomic E-state index is 14.5. The van der Waals surface area contributed by atoms with Crippen LogP contribution in [0.5, 0.6) is 11.5 Å². The Morgan fingerprint density at radius 3 is 1.74 bits per heavy atom. The van der Waals surface area contributed by atoms with Crippen LogP contribution < -0.4 is 20.2 Å². The predicted molar refractivity (Wildman–Crippen MR) is 309 cm³/mol. The van der Waals surface area contributed by atoms with Crippen molar-refractivity contribution in [3.8, 4) is 39.8 Å². The molecule has 5 aromatic heterocycles. The van der Waals surface area contributed by atoms with Gasteiger partial charge in [-0.25, -0.2) is 4.98 Å². The summed E-state index contributed by atoms with van der Waals surface area (Å²) in [5.74, 6) is 1.79. The summed E-state index contributed by atoms with van der Waals surface area (Å²) in [6.07, 6.45) is 5.56. The molecular weight excluding hydrogens is 1130 g/mol. The molecule has 0 amide bonds. The van der Waals surface area contributed by atoms with Gasteiger partial charge in [0.2, 0.25) is 0 Å². The first-order valence-electron chi connectivity index (χ1n) is 25.9. The molecule has 0 unspecified atom stereocenters. The Morgan fingerprint density at radius 1 is 0.494 bits per heavy atom. The average molecular weight is 1190 g/mol. The van der Waals surface area contributed by atoms with E-state index in [0.29, 0.717) is 38.6 Å². The van der Waals surface area contributed by atoms with Gasteiger partial charge in [0.05, 0.1) is 33.3 Å². The Balaban J connectivity index is 0.00000596. The molecule has 382 valence electrons. The van der Waals surface area contributed by atoms with Crippen LogP contribution in [0.25, 0.3) is 99.3 Å². The van der Waals surface area contributed by atoms with Gasteiger partial charge in [0, 0.05) is 65.8 Å². The number of nitrogens with zero attached hydrogens (tertiary/aromatic N) is 5. The molecule has 5 heterocycles. The summed E-state index contributed by atoms with van der Waals surface area (Å²) in [5.41, 5.74) is 12.6. The molecule has 13 rings (SSSR count). The summed E-state index contributed by atoms with van der Waals surface area (Å²) in [5, 5.41) is 4.09. The van der Waals surface area contributed by atoms with Crippen LogP contribution in [0, 0.1) is 18.5 Å². The van der Waals surface area contributed by atoms with Gasteiger partial charge in [0.15, 0.2) is 10.9 Å². The second kappa shape index (κ2) is 18.0. The molecule has 13 aromatic rings. The van der Waals surface area contributed by atoms with Crippen LogP contribution in [0.15, 0.2) is 180 Å². The molecule has 0 saturated heterocycles. The number of ether oxygens (including phenoxy) is 1. The molecule has 0 aliphatic heterocycles. The van der Waals surface area contributed by atoms with Crippen molar-refractivity contribution in [3.63, 3.8) is 0 Å². The fraction of sp³-hybridized carbons (Fsp3) is 0.176. The number of rotatable bonds is 6. The Hall–Kier alpha value is -8.19. The van der Waals surface area contributed by atoms with Crippen molar-refractivity contribution in [2.45, 2.75) is 78.6 Å². The molecule has 0 N–H and O–H groups in total. The zero-order chi connectivity index (χ0) is 52.6. The van der Waals surface area contributed by atoms with E-state index in [2.05, 4.69) is 178 Å². The minimum Gasteiger partial charge on any atom is -0.510 e. The molecule has 0 spiro atoms. The molecule has 0 aliphatic carbocycles. The van der Waals surface area contributed by atoms with Gasteiger partial charge in [0.25, 0.3) is 6.33 Å². The van der Waals surface area contributed by atoms with E-state index in [-0.39, 0.29) is 48.2 Å². The molecule has 0 atom stereocenters. The van der Waals surface area contributed by atoms with Crippen LogP contribution >= 0.6 is 0 Å². The van der Waals surface area contributed by atoms with Crippen LogP contribution in [-0.4, -0.2) is 18.5 Å². The van der Waals surface area contributed by atoms with Crippen molar-refractivity contribution >= 4 is 70.9 Å². The van der Waals surface area contributed by atoms with Crippen molar-refractivity contribution in [2.24, 2.45) is 0 Å². The quantitative estimate of drug-likeness (QED) is 0.0720. The maximum absolute atomic E-state index is 14.5. The summed E-state index contributed by atoms with van der Waals surface area (Å²) in [6.45, 7) is 20.2. The van der Waals surface area contributed by atoms with Crippen LogP contribution in [0.4, 0.5) is 0 Å². The number of benzene rings is 8. The SMILES string of the molecule is CC(C)(C)c1cc(-[n+]2[c-]n(-c3[c-]c(Oc4[c-]c5c(cc4)c4cc(-c6cc7c(=O)c8ccccc8n8c9ccccc9c(=O)c(c6)c78)ccc4n5-c4cc(C(C)(C)C)ccn4)ccc3)c3ccccc32)cc(C(C)(C)C)c1.[Pt]. The van der Waals surface area contributed by atoms with E-state index in [1.807, 2.05) is 91.1 Å². The largest absolute Gasteiger partial charge is 0.510 e. The van der Waals surface area contributed by atoms with Crippen molar-refractivity contribution in [2.75, 3.05) is 0 Å². The number of imidazole rings is 1. The third-order valence-corrected chi connectivity index (χ3v) is 15.1. The maximum Gasteiger partial charge on any atom is 0.268 e. The van der Waals surface area contributed by atoms with Gasteiger partial charge < -0.3 is 18.3 Å². The monoisotopic (exact) mass is 1180 g/mol. The van der Waals surface area contributed by atoms with Gasteiger partial charge in [-0.15, -0.1) is 29.7 Å². The van der Waals surface area contributed by atoms with Gasteiger partial charge >= 0.3 is 0 Å². The first kappa shape index (κ1) is 49.7. The van der Waals surface area contributed by atoms with Crippen LogP contribution in [0.2, 0.25) is 0 Å². The molecule has 0 bridgehead atoms. The summed E-state index contributed by atoms with van der Waals surface area (Å²) < 4.78 is 15.2. The van der Waals surface area contributed by atoms with Crippen LogP contribution in [0.3, 0.4) is 0 Å². The van der Waals surface area contributed by atoms with E-state index in [1.165, 1.54) is 11.1 Å². The molecule has 77 heavy (non-hydrogen) atoms. The summed E-state index contributed by atoms with van der Waals surface area (Å²) in [4.78, 5) is 33.9. The van der Waals surface area contributed by atoms with E-state index in [4.69, 9.17) is 9.72 Å². The van der Waals surface area contributed by atoms with Crippen molar-refractivity contribution < 1.29 is 30.4 Å². The van der Waals surface area contributed by atoms with Crippen molar-refractivity contribution in [1.29, 1.82) is 0 Å². The average Bonchev–Trinajstić information content (AvgIpc) is 4.00. The Bertz CT molecular complexity index is 4540. The second-order valence-corrected chi connectivity index (χ2v) is 23.3. The number of para-hydroxylation sites is 4. The van der Waals surface area contributed by atoms with Crippen molar-refractivity contribution in [3.05, 3.63) is 226 Å². The Labute approximate surface area is 461 Å². The molecule has 8 nitrogen and oxygen atoms in total. The number of fused-ring (bicyclic) bond motifs is 8. The van der Waals surface area contributed by atoms with Gasteiger partial charge in [-0.2, -0.15) is 18.2 Å². The van der Waals surface area contributed by atoms with E-state index in [0.717, 1.165) is 77.8 Å². The van der Waals surface area contributed by atoms with E-state index < -0.39 is 0 Å². The molecule has 0 aliphatic rings. The second-order valence-electron chi connectivity index (χ2n) is 23.3. The van der Waals surface area contributed by atoms with Crippen molar-refractivity contribution in [1.82, 2.24) is 18.5 Å². The van der Waals surface area contributed by atoms with E-state index in [1.54, 1.807) is 0 Å². The van der Waals surface area contributed by atoms with E-state index in [9.17, 15) is 9.59 Å². The van der Waals surface area contributed by atoms with Gasteiger partial charge in [-0.3, -0.25) is 14.2 Å². The standard InChI is InChI=1S/C68H55N5O3.Pt/c1-66(2,3)43-29-30-69-62(37-43)72-58-28-25-41(42-32-54-63-55(33-42)65(75)52-20-11-13-22-57(52)73(63)56-21-12-10-19-51(56)64(54)74)31-53(58)50-27-26-49(39-61(50)72)76-48-18-16-17-46(38-48)70-40-71(60-24-15-14-23-59(60)70)47-35-44(67(4,5)6)34-45(36-47)68(7,8)9;/h10-37H,1-9H3;/q-2;. The Kier molecular flexibility index (Phi) is 11.6. The fourth-order valence-electron chi connectivity index (χ4n) is 11.0. The summed E-state index contributed by atoms with van der Waals surface area (Å²) in [7, 11) is 0. The first-order valence-corrected chi connectivity index (χ1v) is 25.9. The number of hydrogen-bond donors (Lipinski definition) is 0. The molecule has 0 fully saturated rings. The van der Waals surface area contributed by atoms with Crippen LogP contribution in [0.1, 0.15) is 79.0 Å². The number of aromatic nitrogens is 5. The molecule has 0 saturated carbocycles. The van der Waals surface area contributed by atoms with E-state index >= 15 is 0 Å². The summed E-state index contributed by atoms with van der Waals surface area (Å²) >= 11 is 0. The van der Waals surface area contributed by atoms with Gasteiger partial charge in [-0.1, -0.05) is 135 Å². The first-order chi connectivity index (χ1) is 36.4. The minimum absolute atomic E-state index is 0. The Morgan fingerprint density at radius 2 is 1.09 bits per heavy atom. The molecule has 0 radical (unpaired) electrons. The van der Waals surface area contributed by atoms with Gasteiger partial charge in [-0.05, 0) is 122 Å². The predicted octanol–water partition coefficient (Wildman–Crippen LogP) is 15.0. The third kappa shape index (κ3) is 8.24. The topological polar surface area (TPSA) is 74.4 Å². The zero-order valence-corrected chi connectivity index (χ0v) is 46.7. The molecule has 9 heteroatoms. The zero-order valence-electron chi connectivity index (χ0n) is 44.4. The minimum atomic E-state index is -0.131. The fourth-order valence-corrected chi connectivity index (χ4v) is 11.0. The third-order valence-electron chi connectivity index (χ3n) is 15.1. The smallest absolute Gasteiger partial charge is 0.268 e. The number of hydrogen-bond acceptors (Lipinski definition) is 4. The van der Waals surface area contributed by atoms with Crippen LogP contribution in [-0.2, 0) is 37.3 Å². The van der Waals surface area contributed by atoms with Gasteiger partial charge in [0.1, 0.15) is 5.82 Å². The number of pyridine rings is 3.